The lowest BCUT2D eigenvalue weighted by Crippen LogP contribution is -2.32. The van der Waals surface area contributed by atoms with Crippen molar-refractivity contribution < 1.29 is 9.53 Å². The van der Waals surface area contributed by atoms with Crippen LogP contribution in [0.3, 0.4) is 0 Å². The second-order valence-corrected chi connectivity index (χ2v) is 6.63. The predicted molar refractivity (Wildman–Crippen MR) is 97.3 cm³/mol. The number of benzene rings is 1. The van der Waals surface area contributed by atoms with E-state index in [0.717, 1.165) is 30.9 Å². The van der Waals surface area contributed by atoms with Gasteiger partial charge < -0.3 is 15.0 Å². The molecule has 6 nitrogen and oxygen atoms in total. The van der Waals surface area contributed by atoms with Crippen LogP contribution in [0, 0.1) is 5.92 Å². The second kappa shape index (κ2) is 8.16. The van der Waals surface area contributed by atoms with Crippen LogP contribution in [0.1, 0.15) is 29.8 Å². The number of nitrogens with one attached hydrogen (secondary N) is 1. The highest BCUT2D eigenvalue weighted by atomic mass is 16.5. The molecule has 0 bridgehead atoms. The van der Waals surface area contributed by atoms with E-state index < -0.39 is 0 Å². The number of carbonyl (C=O) groups is 1. The van der Waals surface area contributed by atoms with E-state index in [1.54, 1.807) is 24.1 Å². The van der Waals surface area contributed by atoms with Gasteiger partial charge in [-0.3, -0.25) is 4.79 Å². The molecule has 3 rings (SSSR count). The molecule has 2 aromatic rings. The summed E-state index contributed by atoms with van der Waals surface area (Å²) in [4.78, 5) is 14.6. The number of nitrogens with zero attached hydrogens (tertiary/aromatic N) is 3. The number of ether oxygens (including phenoxy) is 1. The van der Waals surface area contributed by atoms with Crippen LogP contribution in [-0.4, -0.2) is 54.4 Å². The van der Waals surface area contributed by atoms with Crippen molar-refractivity contribution in [3.8, 4) is 11.4 Å². The van der Waals surface area contributed by atoms with Crippen LogP contribution in [-0.2, 0) is 0 Å². The lowest BCUT2D eigenvalue weighted by atomic mass is 9.94. The lowest BCUT2D eigenvalue weighted by Gasteiger charge is -2.28. The number of aromatic nitrogens is 2. The Morgan fingerprint density at radius 1 is 1.24 bits per heavy atom. The van der Waals surface area contributed by atoms with E-state index in [2.05, 4.69) is 22.4 Å². The normalized spacial score (nSPS) is 15.9. The third kappa shape index (κ3) is 4.60. The minimum absolute atomic E-state index is 0.111. The number of hydrogen-bond donors (Lipinski definition) is 1. The van der Waals surface area contributed by atoms with Gasteiger partial charge in [0, 0.05) is 12.7 Å². The summed E-state index contributed by atoms with van der Waals surface area (Å²) in [5.74, 6) is 1.40. The lowest BCUT2D eigenvalue weighted by molar-refractivity contribution is 0.0943. The summed E-state index contributed by atoms with van der Waals surface area (Å²) < 4.78 is 6.85. The van der Waals surface area contributed by atoms with Gasteiger partial charge in [0.05, 0.1) is 12.8 Å². The number of likely N-dealkylation sites (tertiary alicyclic amines) is 1. The molecule has 1 saturated heterocycles. The maximum absolute atomic E-state index is 12.3. The van der Waals surface area contributed by atoms with Crippen molar-refractivity contribution in [1.29, 1.82) is 0 Å². The van der Waals surface area contributed by atoms with Crippen LogP contribution in [0.4, 0.5) is 0 Å². The van der Waals surface area contributed by atoms with Crippen molar-refractivity contribution in [1.82, 2.24) is 20.0 Å². The van der Waals surface area contributed by atoms with Crippen LogP contribution in [0.25, 0.3) is 5.69 Å². The summed E-state index contributed by atoms with van der Waals surface area (Å²) in [5.41, 5.74) is 1.34. The Labute approximate surface area is 148 Å². The standard InChI is InChI=1S/C19H26N4O2/c1-22-12-8-15(9-13-22)7-11-20-19(24)18-10-14-23(21-18)16-3-5-17(25-2)6-4-16/h3-6,10,14-15H,7-9,11-13H2,1-2H3,(H,20,24). The van der Waals surface area contributed by atoms with Crippen molar-refractivity contribution in [2.75, 3.05) is 33.8 Å². The molecule has 134 valence electrons. The van der Waals surface area contributed by atoms with Gasteiger partial charge in [0.25, 0.3) is 5.91 Å². The number of hydrogen-bond acceptors (Lipinski definition) is 4. The molecule has 2 heterocycles. The number of piperidine rings is 1. The first kappa shape index (κ1) is 17.5. The highest BCUT2D eigenvalue weighted by Gasteiger charge is 2.17. The molecule has 1 fully saturated rings. The first-order chi connectivity index (χ1) is 12.2. The molecule has 1 aromatic heterocycles. The minimum Gasteiger partial charge on any atom is -0.497 e. The van der Waals surface area contributed by atoms with Crippen LogP contribution >= 0.6 is 0 Å². The Hall–Kier alpha value is -2.34. The molecule has 1 amide bonds. The highest BCUT2D eigenvalue weighted by molar-refractivity contribution is 5.92. The van der Waals surface area contributed by atoms with Gasteiger partial charge in [-0.05, 0) is 75.6 Å². The fraction of sp³-hybridized carbons (Fsp3) is 0.474. The minimum atomic E-state index is -0.111. The van der Waals surface area contributed by atoms with Gasteiger partial charge in [-0.2, -0.15) is 5.10 Å². The molecule has 0 aliphatic carbocycles. The Morgan fingerprint density at radius 2 is 1.96 bits per heavy atom. The van der Waals surface area contributed by atoms with Crippen LogP contribution in [0.2, 0.25) is 0 Å². The van der Waals surface area contributed by atoms with Crippen molar-refractivity contribution in [2.45, 2.75) is 19.3 Å². The number of amides is 1. The molecule has 0 atom stereocenters. The Bertz CT molecular complexity index is 688. The maximum atomic E-state index is 12.3. The molecule has 0 unspecified atom stereocenters. The number of methoxy groups -OCH3 is 1. The largest absolute Gasteiger partial charge is 0.497 e. The monoisotopic (exact) mass is 342 g/mol. The van der Waals surface area contributed by atoms with Gasteiger partial charge in [-0.25, -0.2) is 4.68 Å². The van der Waals surface area contributed by atoms with Gasteiger partial charge in [0.2, 0.25) is 0 Å². The van der Waals surface area contributed by atoms with Gasteiger partial charge in [-0.15, -0.1) is 0 Å². The van der Waals surface area contributed by atoms with Crippen molar-refractivity contribution >= 4 is 5.91 Å². The highest BCUT2D eigenvalue weighted by Crippen LogP contribution is 2.19. The zero-order valence-corrected chi connectivity index (χ0v) is 14.9. The summed E-state index contributed by atoms with van der Waals surface area (Å²) in [6, 6.07) is 9.31. The SMILES string of the molecule is COc1ccc(-n2ccc(C(=O)NCCC3CCN(C)CC3)n2)cc1. The molecular weight excluding hydrogens is 316 g/mol. The Balaban J connectivity index is 1.50. The molecule has 1 aromatic carbocycles. The molecular formula is C19H26N4O2. The van der Waals surface area contributed by atoms with E-state index in [-0.39, 0.29) is 5.91 Å². The van der Waals surface area contributed by atoms with Crippen LogP contribution < -0.4 is 10.1 Å². The summed E-state index contributed by atoms with van der Waals surface area (Å²) in [7, 11) is 3.80. The van der Waals surface area contributed by atoms with E-state index >= 15 is 0 Å². The summed E-state index contributed by atoms with van der Waals surface area (Å²) in [5, 5.41) is 7.36. The molecule has 6 heteroatoms. The zero-order chi connectivity index (χ0) is 17.6. The smallest absolute Gasteiger partial charge is 0.271 e. The van der Waals surface area contributed by atoms with Gasteiger partial charge >= 0.3 is 0 Å². The topological polar surface area (TPSA) is 59.4 Å². The summed E-state index contributed by atoms with van der Waals surface area (Å²) >= 11 is 0. The molecule has 0 saturated carbocycles. The molecule has 1 aliphatic rings. The van der Waals surface area contributed by atoms with E-state index in [4.69, 9.17) is 4.74 Å². The van der Waals surface area contributed by atoms with Crippen molar-refractivity contribution in [3.63, 3.8) is 0 Å². The molecule has 1 N–H and O–H groups in total. The number of carbonyl (C=O) groups excluding carboxylic acids is 1. The van der Waals surface area contributed by atoms with Crippen molar-refractivity contribution in [3.05, 3.63) is 42.2 Å². The predicted octanol–water partition coefficient (Wildman–Crippen LogP) is 2.34. The zero-order valence-electron chi connectivity index (χ0n) is 14.9. The third-order valence-corrected chi connectivity index (χ3v) is 4.83. The molecule has 0 spiro atoms. The first-order valence-corrected chi connectivity index (χ1v) is 8.82. The van der Waals surface area contributed by atoms with Gasteiger partial charge in [-0.1, -0.05) is 0 Å². The fourth-order valence-electron chi connectivity index (χ4n) is 3.15. The van der Waals surface area contributed by atoms with Crippen LogP contribution in [0.15, 0.2) is 36.5 Å². The molecule has 25 heavy (non-hydrogen) atoms. The quantitative estimate of drug-likeness (QED) is 0.875. The third-order valence-electron chi connectivity index (χ3n) is 4.83. The first-order valence-electron chi connectivity index (χ1n) is 8.82. The van der Waals surface area contributed by atoms with E-state index in [1.165, 1.54) is 12.8 Å². The van der Waals surface area contributed by atoms with E-state index in [9.17, 15) is 4.79 Å². The average molecular weight is 342 g/mol. The number of rotatable bonds is 6. The second-order valence-electron chi connectivity index (χ2n) is 6.63. The molecule has 1 aliphatic heterocycles. The summed E-state index contributed by atoms with van der Waals surface area (Å²) in [6.07, 6.45) is 5.28. The van der Waals surface area contributed by atoms with E-state index in [1.807, 2.05) is 24.3 Å². The maximum Gasteiger partial charge on any atom is 0.271 e. The molecule has 0 radical (unpaired) electrons. The van der Waals surface area contributed by atoms with Crippen LogP contribution in [0.5, 0.6) is 5.75 Å². The Kier molecular flexibility index (Phi) is 5.71. The fourth-order valence-corrected chi connectivity index (χ4v) is 3.15. The average Bonchev–Trinajstić information content (AvgIpc) is 3.13. The van der Waals surface area contributed by atoms with Gasteiger partial charge in [0.1, 0.15) is 5.75 Å². The van der Waals surface area contributed by atoms with Crippen molar-refractivity contribution in [2.24, 2.45) is 5.92 Å². The summed E-state index contributed by atoms with van der Waals surface area (Å²) in [6.45, 7) is 3.03. The Morgan fingerprint density at radius 3 is 2.64 bits per heavy atom. The van der Waals surface area contributed by atoms with E-state index in [0.29, 0.717) is 18.2 Å². The van der Waals surface area contributed by atoms with Gasteiger partial charge in [0.15, 0.2) is 5.69 Å².